The van der Waals surface area contributed by atoms with Gasteiger partial charge in [0.25, 0.3) is 16.0 Å². The first-order valence-corrected chi connectivity index (χ1v) is 6.21. The van der Waals surface area contributed by atoms with Crippen molar-refractivity contribution in [1.82, 2.24) is 15.2 Å². The van der Waals surface area contributed by atoms with Crippen molar-refractivity contribution < 1.29 is 18.3 Å². The van der Waals surface area contributed by atoms with E-state index in [1.165, 1.54) is 12.1 Å². The van der Waals surface area contributed by atoms with E-state index in [2.05, 4.69) is 19.9 Å². The van der Waals surface area contributed by atoms with Crippen molar-refractivity contribution in [3.8, 4) is 0 Å². The van der Waals surface area contributed by atoms with Gasteiger partial charge in [-0.25, -0.2) is 17.9 Å². The van der Waals surface area contributed by atoms with Crippen molar-refractivity contribution in [2.75, 3.05) is 4.72 Å². The monoisotopic (exact) mass is 268 g/mol. The smallest absolute Gasteiger partial charge is 0.373 e. The quantitative estimate of drug-likeness (QED) is 0.732. The van der Waals surface area contributed by atoms with E-state index < -0.39 is 21.8 Å². The molecule has 2 rings (SSSR count). The molecule has 0 saturated carbocycles. The van der Waals surface area contributed by atoms with Gasteiger partial charge in [-0.1, -0.05) is 18.2 Å². The molecule has 1 aromatic heterocycles. The molecule has 1 aromatic carbocycles. The number of benzene rings is 1. The Morgan fingerprint density at radius 1 is 1.28 bits per heavy atom. The normalized spacial score (nSPS) is 11.1. The van der Waals surface area contributed by atoms with Crippen LogP contribution in [0.1, 0.15) is 10.6 Å². The van der Waals surface area contributed by atoms with E-state index in [1.807, 2.05) is 0 Å². The average Bonchev–Trinajstić information content (AvgIpc) is 2.78. The van der Waals surface area contributed by atoms with E-state index >= 15 is 0 Å². The third-order valence-electron chi connectivity index (χ3n) is 1.97. The van der Waals surface area contributed by atoms with Crippen LogP contribution in [0, 0.1) is 0 Å². The Balaban J connectivity index is 2.25. The number of aromatic carboxylic acids is 1. The number of anilines is 1. The summed E-state index contributed by atoms with van der Waals surface area (Å²) in [5, 5.41) is 14.1. The number of carbonyl (C=O) groups is 1. The van der Waals surface area contributed by atoms with E-state index in [9.17, 15) is 13.2 Å². The molecule has 0 aliphatic carbocycles. The van der Waals surface area contributed by atoms with Crippen LogP contribution in [0.3, 0.4) is 0 Å². The Labute approximate surface area is 102 Å². The zero-order valence-electron chi connectivity index (χ0n) is 8.86. The highest BCUT2D eigenvalue weighted by atomic mass is 32.2. The highest BCUT2D eigenvalue weighted by molar-refractivity contribution is 7.92. The molecule has 0 radical (unpaired) electrons. The Bertz CT molecular complexity index is 665. The van der Waals surface area contributed by atoms with Gasteiger partial charge in [-0.15, -0.1) is 5.10 Å². The Kier molecular flexibility index (Phi) is 2.98. The number of nitrogens with zero attached hydrogens (tertiary/aromatic N) is 2. The SMILES string of the molecule is O=C(O)c1nc(NS(=O)(=O)c2ccccc2)n[nH]1. The fourth-order valence-corrected chi connectivity index (χ4v) is 2.15. The molecule has 0 atom stereocenters. The zero-order valence-corrected chi connectivity index (χ0v) is 9.68. The highest BCUT2D eigenvalue weighted by Gasteiger charge is 2.17. The Morgan fingerprint density at radius 3 is 2.50 bits per heavy atom. The molecule has 1 heterocycles. The minimum absolute atomic E-state index is 0.0340. The lowest BCUT2D eigenvalue weighted by atomic mass is 10.4. The van der Waals surface area contributed by atoms with Gasteiger partial charge >= 0.3 is 5.97 Å². The predicted octanol–water partition coefficient (Wildman–Crippen LogP) is 0.304. The summed E-state index contributed by atoms with van der Waals surface area (Å²) in [4.78, 5) is 14.0. The number of rotatable bonds is 4. The molecular formula is C9H8N4O4S. The van der Waals surface area contributed by atoms with Crippen molar-refractivity contribution >= 4 is 21.9 Å². The fraction of sp³-hybridized carbons (Fsp3) is 0. The Hall–Kier alpha value is -2.42. The number of aromatic amines is 1. The molecule has 0 saturated heterocycles. The lowest BCUT2D eigenvalue weighted by Crippen LogP contribution is -2.14. The van der Waals surface area contributed by atoms with E-state index in [4.69, 9.17) is 5.11 Å². The van der Waals surface area contributed by atoms with Gasteiger partial charge in [0.2, 0.25) is 5.82 Å². The molecule has 2 aromatic rings. The van der Waals surface area contributed by atoms with Crippen LogP contribution < -0.4 is 4.72 Å². The molecular weight excluding hydrogens is 260 g/mol. The predicted molar refractivity (Wildman–Crippen MR) is 60.6 cm³/mol. The van der Waals surface area contributed by atoms with Crippen LogP contribution in [0.5, 0.6) is 0 Å². The molecule has 0 unspecified atom stereocenters. The molecule has 0 fully saturated rings. The molecule has 94 valence electrons. The first-order valence-electron chi connectivity index (χ1n) is 4.72. The lowest BCUT2D eigenvalue weighted by molar-refractivity contribution is 0.0684. The third-order valence-corrected chi connectivity index (χ3v) is 3.31. The van der Waals surface area contributed by atoms with Gasteiger partial charge in [-0.2, -0.15) is 4.98 Å². The summed E-state index contributed by atoms with van der Waals surface area (Å²) in [6.45, 7) is 0. The van der Waals surface area contributed by atoms with Crippen LogP contribution in [0.4, 0.5) is 5.95 Å². The molecule has 0 bridgehead atoms. The topological polar surface area (TPSA) is 125 Å². The second-order valence-corrected chi connectivity index (χ2v) is 4.91. The number of hydrogen-bond donors (Lipinski definition) is 3. The van der Waals surface area contributed by atoms with Crippen molar-refractivity contribution in [2.45, 2.75) is 4.90 Å². The maximum absolute atomic E-state index is 11.8. The number of aromatic nitrogens is 3. The van der Waals surface area contributed by atoms with Crippen LogP contribution in [0.15, 0.2) is 35.2 Å². The van der Waals surface area contributed by atoms with Crippen LogP contribution in [-0.4, -0.2) is 34.7 Å². The first-order chi connectivity index (χ1) is 8.49. The van der Waals surface area contributed by atoms with Gasteiger partial charge in [0.15, 0.2) is 0 Å². The second-order valence-electron chi connectivity index (χ2n) is 3.23. The van der Waals surface area contributed by atoms with Gasteiger partial charge < -0.3 is 5.11 Å². The minimum atomic E-state index is -3.81. The fourth-order valence-electron chi connectivity index (χ4n) is 1.18. The zero-order chi connectivity index (χ0) is 13.2. The number of H-pyrrole nitrogens is 1. The molecule has 18 heavy (non-hydrogen) atoms. The van der Waals surface area contributed by atoms with Crippen LogP contribution in [-0.2, 0) is 10.0 Å². The van der Waals surface area contributed by atoms with E-state index in [-0.39, 0.29) is 10.8 Å². The summed E-state index contributed by atoms with van der Waals surface area (Å²) in [5.74, 6) is -2.09. The summed E-state index contributed by atoms with van der Waals surface area (Å²) in [6, 6.07) is 7.60. The molecule has 8 nitrogen and oxygen atoms in total. The maximum Gasteiger partial charge on any atom is 0.373 e. The number of nitrogens with one attached hydrogen (secondary N) is 2. The summed E-state index contributed by atoms with van der Waals surface area (Å²) in [7, 11) is -3.81. The van der Waals surface area contributed by atoms with Gasteiger partial charge in [0, 0.05) is 0 Å². The molecule has 0 spiro atoms. The lowest BCUT2D eigenvalue weighted by Gasteiger charge is -2.03. The van der Waals surface area contributed by atoms with Crippen LogP contribution >= 0.6 is 0 Å². The van der Waals surface area contributed by atoms with Crippen molar-refractivity contribution in [1.29, 1.82) is 0 Å². The maximum atomic E-state index is 11.8. The van der Waals surface area contributed by atoms with Gasteiger partial charge in [0.05, 0.1) is 4.90 Å². The van der Waals surface area contributed by atoms with Crippen LogP contribution in [0.2, 0.25) is 0 Å². The average molecular weight is 268 g/mol. The van der Waals surface area contributed by atoms with Crippen molar-refractivity contribution in [3.05, 3.63) is 36.2 Å². The highest BCUT2D eigenvalue weighted by Crippen LogP contribution is 2.11. The van der Waals surface area contributed by atoms with Gasteiger partial charge in [0.1, 0.15) is 0 Å². The minimum Gasteiger partial charge on any atom is -0.475 e. The van der Waals surface area contributed by atoms with Crippen molar-refractivity contribution in [3.63, 3.8) is 0 Å². The van der Waals surface area contributed by atoms with E-state index in [0.29, 0.717) is 0 Å². The van der Waals surface area contributed by atoms with Crippen LogP contribution in [0.25, 0.3) is 0 Å². The van der Waals surface area contributed by atoms with Gasteiger partial charge in [-0.05, 0) is 12.1 Å². The summed E-state index contributed by atoms with van der Waals surface area (Å²) < 4.78 is 25.7. The number of carboxylic acid groups (broad SMARTS) is 1. The molecule has 0 aliphatic heterocycles. The summed E-state index contributed by atoms with van der Waals surface area (Å²) >= 11 is 0. The number of sulfonamides is 1. The van der Waals surface area contributed by atoms with Gasteiger partial charge in [-0.3, -0.25) is 5.10 Å². The Morgan fingerprint density at radius 2 is 1.94 bits per heavy atom. The molecule has 0 aliphatic rings. The summed E-state index contributed by atoms with van der Waals surface area (Å²) in [6.07, 6.45) is 0. The van der Waals surface area contributed by atoms with E-state index in [1.54, 1.807) is 18.2 Å². The molecule has 3 N–H and O–H groups in total. The number of hydrogen-bond acceptors (Lipinski definition) is 5. The number of carboxylic acids is 1. The first kappa shape index (κ1) is 12.0. The largest absolute Gasteiger partial charge is 0.475 e. The standard InChI is InChI=1S/C9H8N4O4S/c14-8(15)7-10-9(12-11-7)13-18(16,17)6-4-2-1-3-5-6/h1-5H,(H,14,15)(H2,10,11,12,13). The molecule has 0 amide bonds. The summed E-state index contributed by atoms with van der Waals surface area (Å²) in [5.41, 5.74) is 0. The third kappa shape index (κ3) is 2.46. The van der Waals surface area contributed by atoms with E-state index in [0.717, 1.165) is 0 Å². The van der Waals surface area contributed by atoms with Crippen molar-refractivity contribution in [2.24, 2.45) is 0 Å². The second kappa shape index (κ2) is 4.45. The molecule has 9 heteroatoms.